The summed E-state index contributed by atoms with van der Waals surface area (Å²) in [4.78, 5) is 2.68. The Labute approximate surface area is 126 Å². The Morgan fingerprint density at radius 3 is 2.17 bits per heavy atom. The van der Waals surface area contributed by atoms with Crippen LogP contribution in [0.3, 0.4) is 0 Å². The molecule has 0 aromatic carbocycles. The lowest BCUT2D eigenvalue weighted by atomic mass is 9.96. The molecule has 1 saturated heterocycles. The molecule has 18 heavy (non-hydrogen) atoms. The second-order valence-electron chi connectivity index (χ2n) is 5.56. The number of likely N-dealkylation sites (tertiary alicyclic amines) is 1. The van der Waals surface area contributed by atoms with Gasteiger partial charge in [-0.25, -0.2) is 0 Å². The van der Waals surface area contributed by atoms with Crippen LogP contribution in [-0.2, 0) is 0 Å². The van der Waals surface area contributed by atoms with Crippen molar-refractivity contribution in [1.82, 2.24) is 4.90 Å². The van der Waals surface area contributed by atoms with Crippen LogP contribution in [-0.4, -0.2) is 29.6 Å². The number of hydrogen-bond acceptors (Lipinski definition) is 2. The van der Waals surface area contributed by atoms with E-state index in [1.165, 1.54) is 51.5 Å². The zero-order chi connectivity index (χ0) is 12.0. The third kappa shape index (κ3) is 7.18. The standard InChI is InChI=1S/C14H30N2.2ClH/c1-4-7-14(15)10-6-11-16-12(2)8-5-9-13(16)3;;/h12-14H,4-11,15H2,1-3H3;2*1H/t12?,13?,14-;;/m0../s1. The van der Waals surface area contributed by atoms with Crippen molar-refractivity contribution in [1.29, 1.82) is 0 Å². The summed E-state index contributed by atoms with van der Waals surface area (Å²) in [5, 5.41) is 0. The molecule has 1 heterocycles. The Kier molecular flexibility index (Phi) is 13.1. The minimum Gasteiger partial charge on any atom is -0.328 e. The van der Waals surface area contributed by atoms with Gasteiger partial charge in [-0.1, -0.05) is 19.8 Å². The number of nitrogens with zero attached hydrogens (tertiary/aromatic N) is 1. The highest BCUT2D eigenvalue weighted by Gasteiger charge is 2.23. The Hall–Kier alpha value is 0.500. The second-order valence-corrected chi connectivity index (χ2v) is 5.56. The van der Waals surface area contributed by atoms with E-state index in [0.717, 1.165) is 12.1 Å². The zero-order valence-electron chi connectivity index (χ0n) is 12.2. The van der Waals surface area contributed by atoms with Gasteiger partial charge in [-0.05, 0) is 52.5 Å². The van der Waals surface area contributed by atoms with E-state index in [4.69, 9.17) is 5.73 Å². The molecule has 0 saturated carbocycles. The van der Waals surface area contributed by atoms with Gasteiger partial charge in [0.05, 0.1) is 0 Å². The van der Waals surface area contributed by atoms with Gasteiger partial charge in [0.25, 0.3) is 0 Å². The van der Waals surface area contributed by atoms with Crippen LogP contribution in [0.1, 0.15) is 65.7 Å². The molecule has 3 atom stereocenters. The first-order valence-corrected chi connectivity index (χ1v) is 7.16. The van der Waals surface area contributed by atoms with Gasteiger partial charge in [-0.3, -0.25) is 4.90 Å². The molecule has 0 aliphatic carbocycles. The Bertz CT molecular complexity index is 181. The molecule has 1 fully saturated rings. The van der Waals surface area contributed by atoms with Crippen LogP contribution < -0.4 is 5.73 Å². The molecule has 2 N–H and O–H groups in total. The van der Waals surface area contributed by atoms with E-state index in [9.17, 15) is 0 Å². The average molecular weight is 299 g/mol. The fourth-order valence-electron chi connectivity index (χ4n) is 2.97. The average Bonchev–Trinajstić information content (AvgIpc) is 2.23. The van der Waals surface area contributed by atoms with E-state index in [1.807, 2.05) is 0 Å². The lowest BCUT2D eigenvalue weighted by molar-refractivity contribution is 0.101. The molecule has 112 valence electrons. The number of piperidine rings is 1. The van der Waals surface area contributed by atoms with E-state index in [0.29, 0.717) is 6.04 Å². The maximum Gasteiger partial charge on any atom is 0.00697 e. The molecule has 0 bridgehead atoms. The van der Waals surface area contributed by atoms with Crippen LogP contribution >= 0.6 is 24.8 Å². The molecule has 0 aromatic rings. The first-order chi connectivity index (χ1) is 7.65. The highest BCUT2D eigenvalue weighted by Crippen LogP contribution is 2.22. The van der Waals surface area contributed by atoms with Crippen LogP contribution in [0.2, 0.25) is 0 Å². The minimum absolute atomic E-state index is 0. The highest BCUT2D eigenvalue weighted by atomic mass is 35.5. The largest absolute Gasteiger partial charge is 0.328 e. The molecule has 2 unspecified atom stereocenters. The van der Waals surface area contributed by atoms with Crippen molar-refractivity contribution < 1.29 is 0 Å². The van der Waals surface area contributed by atoms with Crippen molar-refractivity contribution in [2.75, 3.05) is 6.54 Å². The fraction of sp³-hybridized carbons (Fsp3) is 1.00. The Morgan fingerprint density at radius 1 is 1.11 bits per heavy atom. The Balaban J connectivity index is 0. The normalized spacial score (nSPS) is 26.0. The highest BCUT2D eigenvalue weighted by molar-refractivity contribution is 5.85. The SMILES string of the molecule is CCC[C@H](N)CCCN1C(C)CCCC1C.Cl.Cl. The lowest BCUT2D eigenvalue weighted by Gasteiger charge is -2.39. The maximum atomic E-state index is 6.05. The summed E-state index contributed by atoms with van der Waals surface area (Å²) in [7, 11) is 0. The zero-order valence-corrected chi connectivity index (χ0v) is 13.9. The monoisotopic (exact) mass is 298 g/mol. The van der Waals surface area contributed by atoms with Gasteiger partial charge in [0.1, 0.15) is 0 Å². The predicted octanol–water partition coefficient (Wildman–Crippen LogP) is 4.00. The first kappa shape index (κ1) is 20.8. The van der Waals surface area contributed by atoms with Gasteiger partial charge >= 0.3 is 0 Å². The molecule has 1 aliphatic rings. The number of rotatable bonds is 6. The molecular weight excluding hydrogens is 267 g/mol. The van der Waals surface area contributed by atoms with Gasteiger partial charge < -0.3 is 5.73 Å². The van der Waals surface area contributed by atoms with Crippen LogP contribution in [0.25, 0.3) is 0 Å². The number of nitrogens with two attached hydrogens (primary N) is 1. The van der Waals surface area contributed by atoms with Gasteiger partial charge in [0.15, 0.2) is 0 Å². The summed E-state index contributed by atoms with van der Waals surface area (Å²) in [6.07, 6.45) is 9.05. The molecular formula is C14H32Cl2N2. The molecule has 1 aliphatic heterocycles. The summed E-state index contributed by atoms with van der Waals surface area (Å²) in [6.45, 7) is 8.22. The van der Waals surface area contributed by atoms with E-state index < -0.39 is 0 Å². The van der Waals surface area contributed by atoms with Gasteiger partial charge in [-0.15, -0.1) is 24.8 Å². The molecule has 0 amide bonds. The fourth-order valence-corrected chi connectivity index (χ4v) is 2.97. The van der Waals surface area contributed by atoms with Crippen LogP contribution in [0.15, 0.2) is 0 Å². The maximum absolute atomic E-state index is 6.05. The van der Waals surface area contributed by atoms with Crippen molar-refractivity contribution in [2.45, 2.75) is 83.8 Å². The summed E-state index contributed by atoms with van der Waals surface area (Å²) in [5.74, 6) is 0. The van der Waals surface area contributed by atoms with Crippen molar-refractivity contribution in [3.8, 4) is 0 Å². The lowest BCUT2D eigenvalue weighted by Crippen LogP contribution is -2.44. The molecule has 2 nitrogen and oxygen atoms in total. The first-order valence-electron chi connectivity index (χ1n) is 7.16. The summed E-state index contributed by atoms with van der Waals surface area (Å²) in [6, 6.07) is 2.00. The predicted molar refractivity (Wildman–Crippen MR) is 86.1 cm³/mol. The van der Waals surface area contributed by atoms with Crippen LogP contribution in [0.4, 0.5) is 0 Å². The Morgan fingerprint density at radius 2 is 1.67 bits per heavy atom. The smallest absolute Gasteiger partial charge is 0.00697 e. The van der Waals surface area contributed by atoms with Crippen molar-refractivity contribution in [2.24, 2.45) is 5.73 Å². The van der Waals surface area contributed by atoms with E-state index in [2.05, 4.69) is 25.7 Å². The van der Waals surface area contributed by atoms with Crippen molar-refractivity contribution in [3.05, 3.63) is 0 Å². The van der Waals surface area contributed by atoms with Gasteiger partial charge in [-0.2, -0.15) is 0 Å². The second kappa shape index (κ2) is 11.3. The van der Waals surface area contributed by atoms with E-state index in [1.54, 1.807) is 0 Å². The summed E-state index contributed by atoms with van der Waals surface area (Å²) < 4.78 is 0. The molecule has 0 radical (unpaired) electrons. The van der Waals surface area contributed by atoms with Crippen LogP contribution in [0.5, 0.6) is 0 Å². The van der Waals surface area contributed by atoms with Gasteiger partial charge in [0.2, 0.25) is 0 Å². The quantitative estimate of drug-likeness (QED) is 0.803. The summed E-state index contributed by atoms with van der Waals surface area (Å²) in [5.41, 5.74) is 6.05. The third-order valence-corrected chi connectivity index (χ3v) is 4.03. The van der Waals surface area contributed by atoms with Crippen molar-refractivity contribution in [3.63, 3.8) is 0 Å². The van der Waals surface area contributed by atoms with E-state index in [-0.39, 0.29) is 24.8 Å². The topological polar surface area (TPSA) is 29.3 Å². The van der Waals surface area contributed by atoms with Gasteiger partial charge in [0, 0.05) is 18.1 Å². The summed E-state index contributed by atoms with van der Waals surface area (Å²) >= 11 is 0. The van der Waals surface area contributed by atoms with E-state index >= 15 is 0 Å². The molecule has 1 rings (SSSR count). The number of halogens is 2. The third-order valence-electron chi connectivity index (χ3n) is 4.03. The van der Waals surface area contributed by atoms with Crippen LogP contribution in [0, 0.1) is 0 Å². The molecule has 4 heteroatoms. The molecule has 0 spiro atoms. The number of hydrogen-bond donors (Lipinski definition) is 1. The minimum atomic E-state index is 0. The van der Waals surface area contributed by atoms with Crippen molar-refractivity contribution >= 4 is 24.8 Å². The molecule has 0 aromatic heterocycles.